The Labute approximate surface area is 142 Å². The summed E-state index contributed by atoms with van der Waals surface area (Å²) in [7, 11) is 1.65. The van der Waals surface area contributed by atoms with Gasteiger partial charge in [0.05, 0.1) is 7.11 Å². The van der Waals surface area contributed by atoms with E-state index in [0.717, 1.165) is 55.6 Å². The Balaban J connectivity index is 1.97. The predicted octanol–water partition coefficient (Wildman–Crippen LogP) is 3.71. The predicted molar refractivity (Wildman–Crippen MR) is 92.4 cm³/mol. The smallest absolute Gasteiger partial charge is 0.276 e. The lowest BCUT2D eigenvalue weighted by Gasteiger charge is -2.21. The lowest BCUT2D eigenvalue weighted by molar-refractivity contribution is 0.0744. The molecule has 1 aromatic heterocycles. The standard InChI is InChI=1S/C19H24N2O3/c1-4-10-21(11-5-2)19(22)17-15-9-7-13-6-8-14(23-3)12-16(13)18(15)24-20-17/h6,8,12H,4-5,7,9-11H2,1-3H3. The van der Waals surface area contributed by atoms with Crippen LogP contribution in [0.3, 0.4) is 0 Å². The highest BCUT2D eigenvalue weighted by Crippen LogP contribution is 2.37. The molecule has 5 heteroatoms. The number of ether oxygens (including phenoxy) is 1. The van der Waals surface area contributed by atoms with E-state index >= 15 is 0 Å². The molecule has 0 saturated heterocycles. The SMILES string of the molecule is CCCN(CCC)C(=O)c1noc2c1CCc1ccc(OC)cc1-2. The van der Waals surface area contributed by atoms with E-state index in [1.54, 1.807) is 7.11 Å². The van der Waals surface area contributed by atoms with Gasteiger partial charge in [0.25, 0.3) is 5.91 Å². The maximum absolute atomic E-state index is 12.9. The van der Waals surface area contributed by atoms with Crippen molar-refractivity contribution >= 4 is 5.91 Å². The van der Waals surface area contributed by atoms with E-state index in [4.69, 9.17) is 9.26 Å². The number of fused-ring (bicyclic) bond motifs is 3. The molecule has 0 fully saturated rings. The highest BCUT2D eigenvalue weighted by molar-refractivity contribution is 5.95. The second kappa shape index (κ2) is 7.07. The van der Waals surface area contributed by atoms with Gasteiger partial charge >= 0.3 is 0 Å². The highest BCUT2D eigenvalue weighted by Gasteiger charge is 2.29. The summed E-state index contributed by atoms with van der Waals surface area (Å²) in [5, 5.41) is 4.13. The fourth-order valence-electron chi connectivity index (χ4n) is 3.30. The zero-order valence-electron chi connectivity index (χ0n) is 14.6. The number of hydrogen-bond acceptors (Lipinski definition) is 4. The number of benzene rings is 1. The summed E-state index contributed by atoms with van der Waals surface area (Å²) in [6.07, 6.45) is 3.54. The first-order valence-electron chi connectivity index (χ1n) is 8.64. The van der Waals surface area contributed by atoms with Crippen molar-refractivity contribution in [3.05, 3.63) is 35.0 Å². The molecule has 1 aliphatic rings. The number of nitrogens with zero attached hydrogens (tertiary/aromatic N) is 2. The van der Waals surface area contributed by atoms with Crippen molar-refractivity contribution in [3.63, 3.8) is 0 Å². The number of hydrogen-bond donors (Lipinski definition) is 0. The van der Waals surface area contributed by atoms with Crippen LogP contribution in [0.2, 0.25) is 0 Å². The Hall–Kier alpha value is -2.30. The molecule has 0 unspecified atom stereocenters. The van der Waals surface area contributed by atoms with Crippen LogP contribution in [-0.4, -0.2) is 36.2 Å². The number of carbonyl (C=O) groups excluding carboxylic acids is 1. The van der Waals surface area contributed by atoms with Gasteiger partial charge in [0.15, 0.2) is 11.5 Å². The van der Waals surface area contributed by atoms with Crippen LogP contribution in [-0.2, 0) is 12.8 Å². The first-order valence-corrected chi connectivity index (χ1v) is 8.64. The zero-order valence-corrected chi connectivity index (χ0v) is 14.6. The summed E-state index contributed by atoms with van der Waals surface area (Å²) in [5.41, 5.74) is 3.59. The number of methoxy groups -OCH3 is 1. The average molecular weight is 328 g/mol. The van der Waals surface area contributed by atoms with E-state index < -0.39 is 0 Å². The van der Waals surface area contributed by atoms with Crippen molar-refractivity contribution in [1.29, 1.82) is 0 Å². The molecule has 0 N–H and O–H groups in total. The molecule has 0 spiro atoms. The summed E-state index contributed by atoms with van der Waals surface area (Å²) in [6, 6.07) is 5.97. The van der Waals surface area contributed by atoms with Gasteiger partial charge in [-0.05, 0) is 43.4 Å². The number of carbonyl (C=O) groups is 1. The molecule has 0 aliphatic heterocycles. The first-order chi connectivity index (χ1) is 11.7. The second-order valence-electron chi connectivity index (χ2n) is 6.15. The van der Waals surface area contributed by atoms with E-state index in [9.17, 15) is 4.79 Å². The summed E-state index contributed by atoms with van der Waals surface area (Å²) in [6.45, 7) is 5.66. The number of aryl methyl sites for hydroxylation is 1. The van der Waals surface area contributed by atoms with Gasteiger partial charge in [-0.2, -0.15) is 0 Å². The normalized spacial score (nSPS) is 12.5. The Morgan fingerprint density at radius 2 is 2.00 bits per heavy atom. The summed E-state index contributed by atoms with van der Waals surface area (Å²) in [4.78, 5) is 14.7. The van der Waals surface area contributed by atoms with E-state index in [2.05, 4.69) is 25.1 Å². The van der Waals surface area contributed by atoms with Gasteiger partial charge in [0, 0.05) is 24.2 Å². The summed E-state index contributed by atoms with van der Waals surface area (Å²) in [5.74, 6) is 1.48. The number of rotatable bonds is 6. The lowest BCUT2D eigenvalue weighted by atomic mass is 9.89. The van der Waals surface area contributed by atoms with Gasteiger partial charge in [-0.3, -0.25) is 4.79 Å². The van der Waals surface area contributed by atoms with Crippen LogP contribution in [0, 0.1) is 0 Å². The molecular formula is C19H24N2O3. The monoisotopic (exact) mass is 328 g/mol. The first kappa shape index (κ1) is 16.6. The summed E-state index contributed by atoms with van der Waals surface area (Å²) >= 11 is 0. The fourth-order valence-corrected chi connectivity index (χ4v) is 3.30. The number of aromatic nitrogens is 1. The van der Waals surface area contributed by atoms with E-state index in [1.807, 2.05) is 17.0 Å². The van der Waals surface area contributed by atoms with Crippen LogP contribution < -0.4 is 4.74 Å². The molecule has 1 amide bonds. The van der Waals surface area contributed by atoms with Crippen LogP contribution in [0.4, 0.5) is 0 Å². The van der Waals surface area contributed by atoms with Crippen molar-refractivity contribution in [3.8, 4) is 17.1 Å². The van der Waals surface area contributed by atoms with Gasteiger partial charge in [-0.15, -0.1) is 0 Å². The van der Waals surface area contributed by atoms with Crippen molar-refractivity contribution in [1.82, 2.24) is 10.1 Å². The maximum atomic E-state index is 12.9. The number of amides is 1. The molecule has 0 atom stereocenters. The van der Waals surface area contributed by atoms with Gasteiger partial charge in [-0.1, -0.05) is 25.1 Å². The highest BCUT2D eigenvalue weighted by atomic mass is 16.5. The third-order valence-electron chi connectivity index (χ3n) is 4.47. The lowest BCUT2D eigenvalue weighted by Crippen LogP contribution is -2.33. The molecule has 0 bridgehead atoms. The quantitative estimate of drug-likeness (QED) is 0.811. The van der Waals surface area contributed by atoms with Gasteiger partial charge in [-0.25, -0.2) is 0 Å². The molecule has 1 heterocycles. The van der Waals surface area contributed by atoms with Crippen LogP contribution >= 0.6 is 0 Å². The fraction of sp³-hybridized carbons (Fsp3) is 0.474. The third-order valence-corrected chi connectivity index (χ3v) is 4.47. The molecule has 24 heavy (non-hydrogen) atoms. The van der Waals surface area contributed by atoms with Gasteiger partial charge in [0.1, 0.15) is 5.75 Å². The van der Waals surface area contributed by atoms with Crippen LogP contribution in [0.15, 0.2) is 22.7 Å². The van der Waals surface area contributed by atoms with E-state index in [1.165, 1.54) is 5.56 Å². The minimum atomic E-state index is -0.0185. The van der Waals surface area contributed by atoms with Gasteiger partial charge < -0.3 is 14.2 Å². The molecule has 1 aliphatic carbocycles. The Kier molecular flexibility index (Phi) is 4.88. The van der Waals surface area contributed by atoms with Crippen molar-refractivity contribution in [2.75, 3.05) is 20.2 Å². The molecule has 5 nitrogen and oxygen atoms in total. The summed E-state index contributed by atoms with van der Waals surface area (Å²) < 4.78 is 10.9. The van der Waals surface area contributed by atoms with Crippen molar-refractivity contribution in [2.24, 2.45) is 0 Å². The van der Waals surface area contributed by atoms with Crippen molar-refractivity contribution < 1.29 is 14.1 Å². The van der Waals surface area contributed by atoms with Crippen LogP contribution in [0.1, 0.15) is 48.3 Å². The molecule has 1 aromatic carbocycles. The maximum Gasteiger partial charge on any atom is 0.276 e. The largest absolute Gasteiger partial charge is 0.497 e. The van der Waals surface area contributed by atoms with E-state index in [0.29, 0.717) is 11.5 Å². The molecule has 3 rings (SSSR count). The Bertz CT molecular complexity index is 730. The molecule has 0 radical (unpaired) electrons. The Morgan fingerprint density at radius 3 is 2.67 bits per heavy atom. The minimum absolute atomic E-state index is 0.0185. The van der Waals surface area contributed by atoms with Gasteiger partial charge in [0.2, 0.25) is 0 Å². The second-order valence-corrected chi connectivity index (χ2v) is 6.15. The van der Waals surface area contributed by atoms with Crippen molar-refractivity contribution in [2.45, 2.75) is 39.5 Å². The van der Waals surface area contributed by atoms with Crippen LogP contribution in [0.5, 0.6) is 5.75 Å². The molecular weight excluding hydrogens is 304 g/mol. The molecule has 2 aromatic rings. The Morgan fingerprint density at radius 1 is 1.25 bits per heavy atom. The third kappa shape index (κ3) is 2.90. The zero-order chi connectivity index (χ0) is 17.1. The van der Waals surface area contributed by atoms with Crippen LogP contribution in [0.25, 0.3) is 11.3 Å². The average Bonchev–Trinajstić information content (AvgIpc) is 3.05. The minimum Gasteiger partial charge on any atom is -0.497 e. The topological polar surface area (TPSA) is 55.6 Å². The van der Waals surface area contributed by atoms with E-state index in [-0.39, 0.29) is 5.91 Å². The molecule has 128 valence electrons. The molecule has 0 saturated carbocycles.